The molecule has 0 aromatic carbocycles. The van der Waals surface area contributed by atoms with Crippen molar-refractivity contribution in [1.29, 1.82) is 0 Å². The highest BCUT2D eigenvalue weighted by Gasteiger charge is 2.19. The summed E-state index contributed by atoms with van der Waals surface area (Å²) in [6.07, 6.45) is 0.0699. The highest BCUT2D eigenvalue weighted by atomic mass is 19.1. The van der Waals surface area contributed by atoms with Crippen molar-refractivity contribution in [3.8, 4) is 5.88 Å². The minimum absolute atomic E-state index is 0.215. The Hall–Kier alpha value is -3.10. The number of carboxylic acid groups (broad SMARTS) is 1. The summed E-state index contributed by atoms with van der Waals surface area (Å²) in [5.41, 5.74) is -0.0800. The van der Waals surface area contributed by atoms with Crippen molar-refractivity contribution in [3.63, 3.8) is 0 Å². The molecule has 2 aromatic heterocycles. The number of anilines is 1. The lowest BCUT2D eigenvalue weighted by Gasteiger charge is -2.18. The van der Waals surface area contributed by atoms with Crippen LogP contribution in [0.1, 0.15) is 15.9 Å². The van der Waals surface area contributed by atoms with Crippen LogP contribution in [0.25, 0.3) is 0 Å². The molecule has 0 radical (unpaired) electrons. The molecule has 0 saturated carbocycles. The quantitative estimate of drug-likeness (QED) is 0.670. The molecule has 0 fully saturated rings. The SMILES string of the molecule is COc1ncc(CN(C(=O)O)c2ccc(C=O)c(F)n2)cc1F. The molecule has 0 saturated heterocycles. The molecule has 2 rings (SSSR count). The smallest absolute Gasteiger partial charge is 0.413 e. The Balaban J connectivity index is 2.32. The first kappa shape index (κ1) is 16.3. The molecule has 0 aliphatic rings. The largest absolute Gasteiger partial charge is 0.479 e. The van der Waals surface area contributed by atoms with E-state index in [-0.39, 0.29) is 35.7 Å². The summed E-state index contributed by atoms with van der Waals surface area (Å²) >= 11 is 0. The van der Waals surface area contributed by atoms with Crippen molar-refractivity contribution in [2.24, 2.45) is 0 Å². The molecule has 0 aliphatic heterocycles. The fraction of sp³-hybridized carbons (Fsp3) is 0.143. The Morgan fingerprint density at radius 2 is 2.17 bits per heavy atom. The minimum Gasteiger partial charge on any atom is -0.479 e. The number of amides is 1. The van der Waals surface area contributed by atoms with Crippen molar-refractivity contribution in [2.75, 3.05) is 12.0 Å². The molecule has 0 atom stereocenters. The maximum atomic E-state index is 13.6. The zero-order chi connectivity index (χ0) is 17.0. The maximum Gasteiger partial charge on any atom is 0.413 e. The van der Waals surface area contributed by atoms with Gasteiger partial charge in [-0.15, -0.1) is 0 Å². The first-order valence-electron chi connectivity index (χ1n) is 6.27. The molecule has 9 heteroatoms. The number of halogens is 2. The Kier molecular flexibility index (Phi) is 4.79. The minimum atomic E-state index is -1.42. The average molecular weight is 323 g/mol. The van der Waals surface area contributed by atoms with Gasteiger partial charge in [-0.1, -0.05) is 0 Å². The summed E-state index contributed by atoms with van der Waals surface area (Å²) in [7, 11) is 1.25. The van der Waals surface area contributed by atoms with Crippen molar-refractivity contribution >= 4 is 18.2 Å². The number of ether oxygens (including phenoxy) is 1. The van der Waals surface area contributed by atoms with Crippen molar-refractivity contribution < 1.29 is 28.2 Å². The van der Waals surface area contributed by atoms with Crippen LogP contribution in [0.5, 0.6) is 5.88 Å². The molecule has 1 N–H and O–H groups in total. The van der Waals surface area contributed by atoms with Crippen LogP contribution in [0, 0.1) is 11.8 Å². The second-order valence-electron chi connectivity index (χ2n) is 4.37. The average Bonchev–Trinajstić information content (AvgIpc) is 2.52. The number of aromatic nitrogens is 2. The molecule has 1 amide bonds. The fourth-order valence-electron chi connectivity index (χ4n) is 1.80. The lowest BCUT2D eigenvalue weighted by Crippen LogP contribution is -2.29. The van der Waals surface area contributed by atoms with Gasteiger partial charge in [-0.05, 0) is 23.8 Å². The molecule has 23 heavy (non-hydrogen) atoms. The number of carbonyl (C=O) groups excluding carboxylic acids is 1. The second kappa shape index (κ2) is 6.77. The predicted octanol–water partition coefficient (Wildman–Crippen LogP) is 2.26. The van der Waals surface area contributed by atoms with E-state index < -0.39 is 17.9 Å². The zero-order valence-electron chi connectivity index (χ0n) is 11.9. The van der Waals surface area contributed by atoms with Crippen LogP contribution in [0.4, 0.5) is 19.4 Å². The molecule has 7 nitrogen and oxygen atoms in total. The number of rotatable bonds is 5. The van der Waals surface area contributed by atoms with Gasteiger partial charge in [-0.3, -0.25) is 9.69 Å². The van der Waals surface area contributed by atoms with Gasteiger partial charge in [-0.25, -0.2) is 19.2 Å². The maximum absolute atomic E-state index is 13.6. The third-order valence-electron chi connectivity index (χ3n) is 2.90. The van der Waals surface area contributed by atoms with Gasteiger partial charge in [0.2, 0.25) is 11.8 Å². The van der Waals surface area contributed by atoms with Gasteiger partial charge in [0.1, 0.15) is 5.82 Å². The monoisotopic (exact) mass is 323 g/mol. The molecule has 120 valence electrons. The molecule has 0 spiro atoms. The van der Waals surface area contributed by atoms with Crippen molar-refractivity contribution in [2.45, 2.75) is 6.54 Å². The van der Waals surface area contributed by atoms with Crippen LogP contribution >= 0.6 is 0 Å². The van der Waals surface area contributed by atoms with Crippen LogP contribution in [-0.2, 0) is 6.54 Å². The topological polar surface area (TPSA) is 92.6 Å². The van der Waals surface area contributed by atoms with E-state index in [1.165, 1.54) is 19.4 Å². The van der Waals surface area contributed by atoms with Crippen LogP contribution in [0.15, 0.2) is 24.4 Å². The Bertz CT molecular complexity index is 755. The molecule has 0 unspecified atom stereocenters. The highest BCUT2D eigenvalue weighted by Crippen LogP contribution is 2.19. The number of aldehydes is 1. The summed E-state index contributed by atoms with van der Waals surface area (Å²) in [6, 6.07) is 3.33. The van der Waals surface area contributed by atoms with Gasteiger partial charge >= 0.3 is 6.09 Å². The van der Waals surface area contributed by atoms with Gasteiger partial charge in [0.25, 0.3) is 0 Å². The number of pyridine rings is 2. The standard InChI is InChI=1S/C14H11F2N3O4/c1-23-13-10(15)4-8(5-17-13)6-19(14(21)22)11-3-2-9(7-20)12(16)18-11/h2-5,7H,6H2,1H3,(H,21,22). The van der Waals surface area contributed by atoms with Gasteiger partial charge in [0, 0.05) is 6.20 Å². The molecule has 0 bridgehead atoms. The molecule has 0 aliphatic carbocycles. The van der Waals surface area contributed by atoms with E-state index >= 15 is 0 Å². The third-order valence-corrected chi connectivity index (χ3v) is 2.90. The van der Waals surface area contributed by atoms with Crippen molar-refractivity contribution in [3.05, 3.63) is 47.3 Å². The van der Waals surface area contributed by atoms with E-state index in [0.717, 1.165) is 12.1 Å². The van der Waals surface area contributed by atoms with Gasteiger partial charge in [0.15, 0.2) is 12.1 Å². The van der Waals surface area contributed by atoms with E-state index in [1.54, 1.807) is 0 Å². The number of hydrogen-bond acceptors (Lipinski definition) is 5. The highest BCUT2D eigenvalue weighted by molar-refractivity contribution is 5.85. The molecule has 2 aromatic rings. The normalized spacial score (nSPS) is 10.2. The first-order chi connectivity index (χ1) is 11.0. The number of methoxy groups -OCH3 is 1. The van der Waals surface area contributed by atoms with Crippen LogP contribution in [0.3, 0.4) is 0 Å². The zero-order valence-corrected chi connectivity index (χ0v) is 11.9. The lowest BCUT2D eigenvalue weighted by atomic mass is 10.2. The number of hydrogen-bond donors (Lipinski definition) is 1. The Morgan fingerprint density at radius 1 is 1.43 bits per heavy atom. The van der Waals surface area contributed by atoms with E-state index in [9.17, 15) is 23.5 Å². The third kappa shape index (κ3) is 3.57. The fourth-order valence-corrected chi connectivity index (χ4v) is 1.80. The second-order valence-corrected chi connectivity index (χ2v) is 4.37. The summed E-state index contributed by atoms with van der Waals surface area (Å²) in [6.45, 7) is -0.309. The van der Waals surface area contributed by atoms with Crippen LogP contribution in [0.2, 0.25) is 0 Å². The number of nitrogens with zero attached hydrogens (tertiary/aromatic N) is 3. The molecular weight excluding hydrogens is 312 g/mol. The summed E-state index contributed by atoms with van der Waals surface area (Å²) < 4.78 is 31.8. The van der Waals surface area contributed by atoms with E-state index in [2.05, 4.69) is 14.7 Å². The van der Waals surface area contributed by atoms with E-state index in [0.29, 0.717) is 4.90 Å². The van der Waals surface area contributed by atoms with Crippen LogP contribution in [-0.4, -0.2) is 34.6 Å². The van der Waals surface area contributed by atoms with E-state index in [1.807, 2.05) is 0 Å². The van der Waals surface area contributed by atoms with Crippen LogP contribution < -0.4 is 9.64 Å². The first-order valence-corrected chi connectivity index (χ1v) is 6.27. The summed E-state index contributed by atoms with van der Waals surface area (Å²) in [4.78, 5) is 29.7. The summed E-state index contributed by atoms with van der Waals surface area (Å²) in [5, 5.41) is 9.23. The van der Waals surface area contributed by atoms with Gasteiger partial charge in [-0.2, -0.15) is 4.39 Å². The predicted molar refractivity (Wildman–Crippen MR) is 74.5 cm³/mol. The van der Waals surface area contributed by atoms with Gasteiger partial charge < -0.3 is 9.84 Å². The molecule has 2 heterocycles. The Morgan fingerprint density at radius 3 is 2.70 bits per heavy atom. The van der Waals surface area contributed by atoms with Gasteiger partial charge in [0.05, 0.1) is 19.2 Å². The van der Waals surface area contributed by atoms with E-state index in [4.69, 9.17) is 0 Å². The molecular formula is C14H11F2N3O4. The summed E-state index contributed by atoms with van der Waals surface area (Å²) in [5.74, 6) is -2.32. The lowest BCUT2D eigenvalue weighted by molar-refractivity contribution is 0.111. The Labute approximate surface area is 129 Å². The van der Waals surface area contributed by atoms with Crippen molar-refractivity contribution in [1.82, 2.24) is 9.97 Å². The number of carbonyl (C=O) groups is 2.